The van der Waals surface area contributed by atoms with E-state index in [1.165, 1.54) is 25.1 Å². The van der Waals surface area contributed by atoms with Crippen molar-refractivity contribution in [2.45, 2.75) is 32.2 Å². The normalized spacial score (nSPS) is 26.5. The Bertz CT molecular complexity index is 1030. The maximum atomic E-state index is 14.2. The van der Waals surface area contributed by atoms with E-state index in [0.29, 0.717) is 16.8 Å². The second-order valence-electron chi connectivity index (χ2n) is 7.40. The van der Waals surface area contributed by atoms with Crippen LogP contribution in [0.2, 0.25) is 5.02 Å². The Morgan fingerprint density at radius 3 is 2.59 bits per heavy atom. The third-order valence-electron chi connectivity index (χ3n) is 5.79. The Hall–Kier alpha value is -2.78. The Morgan fingerprint density at radius 1 is 1.31 bits per heavy atom. The first-order chi connectivity index (χ1) is 13.7. The number of aliphatic carboxylic acids is 1. The fourth-order valence-corrected chi connectivity index (χ4v) is 4.26. The number of halogens is 3. The van der Waals surface area contributed by atoms with E-state index in [1.807, 2.05) is 0 Å². The SMILES string of the molecule is CC1N=C(Cc2ccccc2F)C(C#N)C(c2ccc(F)cc2Cl)C1(C)C(=O)O. The third-order valence-corrected chi connectivity index (χ3v) is 6.12. The molecule has 1 N–H and O–H groups in total. The zero-order valence-electron chi connectivity index (χ0n) is 15.9. The van der Waals surface area contributed by atoms with Crippen molar-refractivity contribution >= 4 is 23.3 Å². The zero-order valence-corrected chi connectivity index (χ0v) is 16.6. The molecule has 150 valence electrons. The minimum atomic E-state index is -1.46. The lowest BCUT2D eigenvalue weighted by molar-refractivity contribution is -0.151. The van der Waals surface area contributed by atoms with Gasteiger partial charge in [-0.2, -0.15) is 5.26 Å². The maximum absolute atomic E-state index is 14.2. The molecule has 0 saturated heterocycles. The van der Waals surface area contributed by atoms with Crippen LogP contribution in [0.25, 0.3) is 0 Å². The van der Waals surface area contributed by atoms with E-state index in [-0.39, 0.29) is 11.4 Å². The molecule has 0 fully saturated rings. The number of carboxylic acid groups (broad SMARTS) is 1. The predicted octanol–water partition coefficient (Wildman–Crippen LogP) is 5.02. The molecule has 2 aromatic rings. The molecule has 1 aliphatic heterocycles. The average molecular weight is 417 g/mol. The van der Waals surface area contributed by atoms with Crippen molar-refractivity contribution in [3.8, 4) is 6.07 Å². The second kappa shape index (κ2) is 7.92. The molecule has 0 bridgehead atoms. The number of carboxylic acids is 1. The van der Waals surface area contributed by atoms with Gasteiger partial charge in [-0.15, -0.1) is 0 Å². The van der Waals surface area contributed by atoms with E-state index >= 15 is 0 Å². The molecule has 1 heterocycles. The molecule has 1 aliphatic rings. The first-order valence-electron chi connectivity index (χ1n) is 9.08. The summed E-state index contributed by atoms with van der Waals surface area (Å²) in [6, 6.07) is 11.3. The fourth-order valence-electron chi connectivity index (χ4n) is 3.97. The minimum Gasteiger partial charge on any atom is -0.481 e. The van der Waals surface area contributed by atoms with Gasteiger partial charge in [-0.25, -0.2) is 8.78 Å². The zero-order chi connectivity index (χ0) is 21.3. The first-order valence-corrected chi connectivity index (χ1v) is 9.45. The van der Waals surface area contributed by atoms with Crippen molar-refractivity contribution in [2.75, 3.05) is 0 Å². The Kier molecular flexibility index (Phi) is 5.72. The van der Waals surface area contributed by atoms with Gasteiger partial charge in [0.2, 0.25) is 0 Å². The number of benzene rings is 2. The molecule has 2 aromatic carbocycles. The molecule has 0 radical (unpaired) electrons. The van der Waals surface area contributed by atoms with Gasteiger partial charge < -0.3 is 5.11 Å². The number of hydrogen-bond donors (Lipinski definition) is 1. The summed E-state index contributed by atoms with van der Waals surface area (Å²) >= 11 is 6.26. The summed E-state index contributed by atoms with van der Waals surface area (Å²) < 4.78 is 27.8. The molecule has 0 aliphatic carbocycles. The number of rotatable bonds is 4. The molecule has 0 spiro atoms. The number of nitriles is 1. The molecule has 29 heavy (non-hydrogen) atoms. The molecular weight excluding hydrogens is 398 g/mol. The van der Waals surface area contributed by atoms with E-state index in [1.54, 1.807) is 25.1 Å². The molecule has 0 saturated carbocycles. The largest absolute Gasteiger partial charge is 0.481 e. The lowest BCUT2D eigenvalue weighted by atomic mass is 9.60. The molecule has 0 aromatic heterocycles. The molecule has 4 nitrogen and oxygen atoms in total. The number of aliphatic imine (C=N–C) groups is 1. The van der Waals surface area contributed by atoms with Gasteiger partial charge in [0, 0.05) is 23.1 Å². The van der Waals surface area contributed by atoms with Crippen molar-refractivity contribution in [1.82, 2.24) is 0 Å². The van der Waals surface area contributed by atoms with Gasteiger partial charge in [-0.3, -0.25) is 9.79 Å². The van der Waals surface area contributed by atoms with Crippen molar-refractivity contribution < 1.29 is 18.7 Å². The summed E-state index contributed by atoms with van der Waals surface area (Å²) in [5.41, 5.74) is -0.353. The topological polar surface area (TPSA) is 73.5 Å². The Morgan fingerprint density at radius 2 is 2.00 bits per heavy atom. The molecule has 7 heteroatoms. The Balaban J connectivity index is 2.18. The van der Waals surface area contributed by atoms with Gasteiger partial charge in [-0.1, -0.05) is 35.9 Å². The smallest absolute Gasteiger partial charge is 0.312 e. The van der Waals surface area contributed by atoms with Crippen molar-refractivity contribution in [3.63, 3.8) is 0 Å². The van der Waals surface area contributed by atoms with Gasteiger partial charge in [0.25, 0.3) is 0 Å². The van der Waals surface area contributed by atoms with Crippen LogP contribution in [0.4, 0.5) is 8.78 Å². The minimum absolute atomic E-state index is 0.0436. The van der Waals surface area contributed by atoms with Gasteiger partial charge >= 0.3 is 5.97 Å². The van der Waals surface area contributed by atoms with Crippen LogP contribution in [0, 0.1) is 34.3 Å². The standard InChI is InChI=1S/C22H19ClF2N2O2/c1-12-22(2,21(28)29)20(15-8-7-14(24)10-17(15)23)16(11-26)19(27-12)9-13-5-3-4-6-18(13)25/h3-8,10,12,16,20H,9H2,1-2H3,(H,28,29). The highest BCUT2D eigenvalue weighted by Crippen LogP contribution is 2.50. The molecule has 4 atom stereocenters. The van der Waals surface area contributed by atoms with E-state index in [0.717, 1.165) is 6.07 Å². The summed E-state index contributed by atoms with van der Waals surface area (Å²) in [5.74, 6) is -3.97. The fraction of sp³-hybridized carbons (Fsp3) is 0.318. The van der Waals surface area contributed by atoms with Crippen LogP contribution in [-0.2, 0) is 11.2 Å². The lowest BCUT2D eigenvalue weighted by Gasteiger charge is -2.44. The van der Waals surface area contributed by atoms with Crippen LogP contribution in [0.5, 0.6) is 0 Å². The molecular formula is C22H19ClF2N2O2. The summed E-state index contributed by atoms with van der Waals surface area (Å²) in [6.07, 6.45) is 0.0697. The molecule has 0 amide bonds. The van der Waals surface area contributed by atoms with E-state index in [2.05, 4.69) is 11.1 Å². The quantitative estimate of drug-likeness (QED) is 0.760. The maximum Gasteiger partial charge on any atom is 0.312 e. The van der Waals surface area contributed by atoms with E-state index in [4.69, 9.17) is 11.6 Å². The summed E-state index contributed by atoms with van der Waals surface area (Å²) in [4.78, 5) is 16.8. The highest BCUT2D eigenvalue weighted by Gasteiger charge is 2.54. The average Bonchev–Trinajstić information content (AvgIpc) is 2.66. The Labute approximate surface area is 172 Å². The first kappa shape index (κ1) is 20.9. The van der Waals surface area contributed by atoms with Crippen LogP contribution in [0.1, 0.15) is 30.9 Å². The highest BCUT2D eigenvalue weighted by atomic mass is 35.5. The van der Waals surface area contributed by atoms with Crippen LogP contribution < -0.4 is 0 Å². The number of hydrogen-bond acceptors (Lipinski definition) is 3. The molecule has 3 rings (SSSR count). The van der Waals surface area contributed by atoms with E-state index < -0.39 is 40.9 Å². The van der Waals surface area contributed by atoms with Crippen LogP contribution in [-0.4, -0.2) is 22.8 Å². The van der Waals surface area contributed by atoms with E-state index in [9.17, 15) is 23.9 Å². The van der Waals surface area contributed by atoms with Crippen molar-refractivity contribution in [2.24, 2.45) is 16.3 Å². The van der Waals surface area contributed by atoms with Gasteiger partial charge in [-0.05, 0) is 43.2 Å². The summed E-state index contributed by atoms with van der Waals surface area (Å²) in [7, 11) is 0. The second-order valence-corrected chi connectivity index (χ2v) is 7.81. The lowest BCUT2D eigenvalue weighted by Crippen LogP contribution is -2.50. The monoisotopic (exact) mass is 416 g/mol. The van der Waals surface area contributed by atoms with Crippen molar-refractivity contribution in [3.05, 3.63) is 70.2 Å². The number of nitrogens with zero attached hydrogens (tertiary/aromatic N) is 2. The van der Waals surface area contributed by atoms with Gasteiger partial charge in [0.15, 0.2) is 0 Å². The van der Waals surface area contributed by atoms with Gasteiger partial charge in [0.1, 0.15) is 11.6 Å². The predicted molar refractivity (Wildman–Crippen MR) is 106 cm³/mol. The third kappa shape index (κ3) is 3.63. The van der Waals surface area contributed by atoms with Crippen molar-refractivity contribution in [1.29, 1.82) is 5.26 Å². The van der Waals surface area contributed by atoms with Crippen LogP contribution >= 0.6 is 11.6 Å². The summed E-state index contributed by atoms with van der Waals surface area (Å²) in [6.45, 7) is 3.16. The number of carbonyl (C=O) groups is 1. The van der Waals surface area contributed by atoms with Crippen LogP contribution in [0.15, 0.2) is 47.5 Å². The molecule has 4 unspecified atom stereocenters. The summed E-state index contributed by atoms with van der Waals surface area (Å²) in [5, 5.41) is 20.0. The van der Waals surface area contributed by atoms with Gasteiger partial charge in [0.05, 0.1) is 23.4 Å². The highest BCUT2D eigenvalue weighted by molar-refractivity contribution is 6.31. The van der Waals surface area contributed by atoms with Crippen LogP contribution in [0.3, 0.4) is 0 Å².